The summed E-state index contributed by atoms with van der Waals surface area (Å²) >= 11 is 0. The van der Waals surface area contributed by atoms with Crippen LogP contribution in [0.2, 0.25) is 0 Å². The van der Waals surface area contributed by atoms with Crippen molar-refractivity contribution in [2.45, 2.75) is 51.5 Å². The molecule has 0 aliphatic carbocycles. The number of hydrogen-bond acceptors (Lipinski definition) is 4. The van der Waals surface area contributed by atoms with Crippen LogP contribution in [0, 0.1) is 11.8 Å². The van der Waals surface area contributed by atoms with Crippen molar-refractivity contribution in [3.8, 4) is 5.75 Å². The molecule has 2 unspecified atom stereocenters. The van der Waals surface area contributed by atoms with Gasteiger partial charge in [-0.2, -0.15) is 0 Å². The van der Waals surface area contributed by atoms with Gasteiger partial charge in [0.05, 0.1) is 19.1 Å². The van der Waals surface area contributed by atoms with E-state index in [0.717, 1.165) is 48.8 Å². The maximum atomic E-state index is 12.2. The molecule has 0 aromatic heterocycles. The summed E-state index contributed by atoms with van der Waals surface area (Å²) < 4.78 is 5.58. The van der Waals surface area contributed by atoms with Gasteiger partial charge in [0.2, 0.25) is 0 Å². The van der Waals surface area contributed by atoms with Gasteiger partial charge in [-0.15, -0.1) is 0 Å². The molecule has 2 aliphatic rings. The molecule has 5 nitrogen and oxygen atoms in total. The van der Waals surface area contributed by atoms with Crippen molar-refractivity contribution in [1.82, 2.24) is 4.90 Å². The van der Waals surface area contributed by atoms with Crippen molar-refractivity contribution in [3.63, 3.8) is 0 Å². The van der Waals surface area contributed by atoms with Crippen molar-refractivity contribution >= 4 is 12.3 Å². The Morgan fingerprint density at radius 1 is 1.46 bits per heavy atom. The molecule has 26 heavy (non-hydrogen) atoms. The average Bonchev–Trinajstić information content (AvgIpc) is 3.19. The Kier molecular flexibility index (Phi) is 5.97. The standard InChI is InChI=1S/C21H29NO4/c1-3-4-14(2)11-18-20(21(24)25)17(13-22(18)8-9-23)15-5-6-19-16(12-15)7-10-26-19/h5-6,9,12,14,17-18,20H,3-4,7-8,10-11,13H2,1-2H3,(H,24,25)/t14?,17?,18-,20+/m0/s1. The van der Waals surface area contributed by atoms with Crippen LogP contribution in [0.5, 0.6) is 5.75 Å². The Hall–Kier alpha value is -1.88. The second-order valence-electron chi connectivity index (χ2n) is 7.75. The third kappa shape index (κ3) is 3.78. The van der Waals surface area contributed by atoms with E-state index in [1.807, 2.05) is 12.1 Å². The molecule has 1 aromatic carbocycles. The number of ether oxygens (including phenoxy) is 1. The van der Waals surface area contributed by atoms with E-state index in [4.69, 9.17) is 4.74 Å². The highest BCUT2D eigenvalue weighted by Crippen LogP contribution is 2.41. The van der Waals surface area contributed by atoms with E-state index in [1.54, 1.807) is 0 Å². The zero-order valence-electron chi connectivity index (χ0n) is 15.7. The molecule has 0 saturated carbocycles. The fourth-order valence-electron chi connectivity index (χ4n) is 4.71. The monoisotopic (exact) mass is 359 g/mol. The molecule has 0 bridgehead atoms. The number of aliphatic carboxylic acids is 1. The number of carboxylic acids is 1. The Labute approximate surface area is 155 Å². The van der Waals surface area contributed by atoms with Gasteiger partial charge in [0.25, 0.3) is 0 Å². The van der Waals surface area contributed by atoms with Crippen molar-refractivity contribution < 1.29 is 19.4 Å². The molecule has 4 atom stereocenters. The summed E-state index contributed by atoms with van der Waals surface area (Å²) in [6.07, 6.45) is 4.77. The van der Waals surface area contributed by atoms with Crippen LogP contribution in [0.3, 0.4) is 0 Å². The minimum Gasteiger partial charge on any atom is -0.493 e. The molecule has 1 aromatic rings. The Bertz CT molecular complexity index is 659. The molecule has 3 rings (SSSR count). The van der Waals surface area contributed by atoms with E-state index in [2.05, 4.69) is 24.8 Å². The molecule has 2 aliphatic heterocycles. The van der Waals surface area contributed by atoms with Gasteiger partial charge < -0.3 is 14.6 Å². The predicted octanol–water partition coefficient (Wildman–Crippen LogP) is 3.12. The van der Waals surface area contributed by atoms with Gasteiger partial charge >= 0.3 is 5.97 Å². The fraction of sp³-hybridized carbons (Fsp3) is 0.619. The topological polar surface area (TPSA) is 66.8 Å². The van der Waals surface area contributed by atoms with Gasteiger partial charge in [-0.05, 0) is 29.5 Å². The molecule has 5 heteroatoms. The highest BCUT2D eigenvalue weighted by Gasteiger charge is 2.46. The summed E-state index contributed by atoms with van der Waals surface area (Å²) in [7, 11) is 0. The first-order valence-electron chi connectivity index (χ1n) is 9.71. The van der Waals surface area contributed by atoms with Crippen LogP contribution in [0.1, 0.15) is 50.2 Å². The van der Waals surface area contributed by atoms with Gasteiger partial charge in [-0.1, -0.05) is 38.8 Å². The van der Waals surface area contributed by atoms with E-state index in [1.165, 1.54) is 0 Å². The first kappa shape index (κ1) is 18.9. The molecule has 1 N–H and O–H groups in total. The highest BCUT2D eigenvalue weighted by molar-refractivity contribution is 5.73. The number of rotatable bonds is 8. The first-order chi connectivity index (χ1) is 12.5. The van der Waals surface area contributed by atoms with E-state index < -0.39 is 11.9 Å². The number of aldehydes is 1. The summed E-state index contributed by atoms with van der Waals surface area (Å²) in [5.74, 6) is 0.0466. The lowest BCUT2D eigenvalue weighted by atomic mass is 9.81. The maximum absolute atomic E-state index is 12.2. The number of fused-ring (bicyclic) bond motifs is 1. The summed E-state index contributed by atoms with van der Waals surface area (Å²) in [5, 5.41) is 10.00. The van der Waals surface area contributed by atoms with E-state index >= 15 is 0 Å². The smallest absolute Gasteiger partial charge is 0.308 e. The lowest BCUT2D eigenvalue weighted by Crippen LogP contribution is -2.38. The summed E-state index contributed by atoms with van der Waals surface area (Å²) in [4.78, 5) is 25.4. The van der Waals surface area contributed by atoms with Gasteiger partial charge in [0.1, 0.15) is 12.0 Å². The summed E-state index contributed by atoms with van der Waals surface area (Å²) in [6, 6.07) is 5.99. The number of carbonyl (C=O) groups excluding carboxylic acids is 1. The first-order valence-corrected chi connectivity index (χ1v) is 9.71. The fourth-order valence-corrected chi connectivity index (χ4v) is 4.71. The van der Waals surface area contributed by atoms with Gasteiger partial charge in [0.15, 0.2) is 0 Å². The van der Waals surface area contributed by atoms with Crippen LogP contribution in [-0.4, -0.2) is 48.0 Å². The number of nitrogens with zero attached hydrogens (tertiary/aromatic N) is 1. The van der Waals surface area contributed by atoms with Crippen LogP contribution >= 0.6 is 0 Å². The lowest BCUT2D eigenvalue weighted by Gasteiger charge is -2.28. The average molecular weight is 359 g/mol. The van der Waals surface area contributed by atoms with Crippen LogP contribution in [0.4, 0.5) is 0 Å². The van der Waals surface area contributed by atoms with Crippen molar-refractivity contribution in [2.24, 2.45) is 11.8 Å². The molecule has 2 heterocycles. The van der Waals surface area contributed by atoms with Crippen LogP contribution in [0.25, 0.3) is 0 Å². The highest BCUT2D eigenvalue weighted by atomic mass is 16.5. The van der Waals surface area contributed by atoms with Crippen molar-refractivity contribution in [1.29, 1.82) is 0 Å². The molecule has 1 fully saturated rings. The molecular weight excluding hydrogens is 330 g/mol. The van der Waals surface area contributed by atoms with Gasteiger partial charge in [-0.3, -0.25) is 9.69 Å². The van der Waals surface area contributed by atoms with E-state index in [9.17, 15) is 14.7 Å². The second kappa shape index (κ2) is 8.21. The van der Waals surface area contributed by atoms with Crippen molar-refractivity contribution in [2.75, 3.05) is 19.7 Å². The summed E-state index contributed by atoms with van der Waals surface area (Å²) in [6.45, 7) is 5.96. The maximum Gasteiger partial charge on any atom is 0.308 e. The third-order valence-corrected chi connectivity index (χ3v) is 5.91. The SMILES string of the molecule is CCCC(C)C[C@H]1[C@H](C(=O)O)C(c2ccc3c(c2)CCO3)CN1CC=O. The second-order valence-corrected chi connectivity index (χ2v) is 7.75. The van der Waals surface area contributed by atoms with Crippen LogP contribution in [-0.2, 0) is 16.0 Å². The molecule has 0 amide bonds. The van der Waals surface area contributed by atoms with E-state index in [-0.39, 0.29) is 12.0 Å². The number of likely N-dealkylation sites (tertiary alicyclic amines) is 1. The molecule has 142 valence electrons. The quantitative estimate of drug-likeness (QED) is 0.723. The van der Waals surface area contributed by atoms with Crippen LogP contribution in [0.15, 0.2) is 18.2 Å². The van der Waals surface area contributed by atoms with Crippen molar-refractivity contribution in [3.05, 3.63) is 29.3 Å². The lowest BCUT2D eigenvalue weighted by molar-refractivity contribution is -0.143. The minimum atomic E-state index is -0.756. The normalized spacial score (nSPS) is 26.3. The largest absolute Gasteiger partial charge is 0.493 e. The Morgan fingerprint density at radius 3 is 2.96 bits per heavy atom. The Balaban J connectivity index is 1.89. The number of carbonyl (C=O) groups is 2. The molecule has 1 saturated heterocycles. The molecule has 0 radical (unpaired) electrons. The number of benzene rings is 1. The summed E-state index contributed by atoms with van der Waals surface area (Å²) in [5.41, 5.74) is 2.22. The van der Waals surface area contributed by atoms with Gasteiger partial charge in [0, 0.05) is 24.9 Å². The molecule has 0 spiro atoms. The third-order valence-electron chi connectivity index (χ3n) is 5.91. The minimum absolute atomic E-state index is 0.0859. The number of carboxylic acid groups (broad SMARTS) is 1. The van der Waals surface area contributed by atoms with E-state index in [0.29, 0.717) is 25.6 Å². The Morgan fingerprint density at radius 2 is 2.27 bits per heavy atom. The zero-order chi connectivity index (χ0) is 18.7. The van der Waals surface area contributed by atoms with Gasteiger partial charge in [-0.25, -0.2) is 0 Å². The number of hydrogen-bond donors (Lipinski definition) is 1. The zero-order valence-corrected chi connectivity index (χ0v) is 15.7. The van der Waals surface area contributed by atoms with Crippen LogP contribution < -0.4 is 4.74 Å². The predicted molar refractivity (Wildman–Crippen MR) is 99.6 cm³/mol. The molecular formula is C21H29NO4.